The number of nitrogens with zero attached hydrogens (tertiary/aromatic N) is 2. The molecule has 23 heavy (non-hydrogen) atoms. The summed E-state index contributed by atoms with van der Waals surface area (Å²) in [6, 6.07) is 10.5. The van der Waals surface area contributed by atoms with Gasteiger partial charge in [-0.3, -0.25) is 4.55 Å². The van der Waals surface area contributed by atoms with Crippen molar-refractivity contribution in [2.75, 3.05) is 0 Å². The van der Waals surface area contributed by atoms with Crippen LogP contribution in [0.15, 0.2) is 62.5 Å². The van der Waals surface area contributed by atoms with E-state index in [1.165, 1.54) is 24.3 Å². The van der Waals surface area contributed by atoms with Crippen LogP contribution in [0.1, 0.15) is 5.56 Å². The Kier molecular flexibility index (Phi) is 5.82. The van der Waals surface area contributed by atoms with Gasteiger partial charge >= 0.3 is 0 Å². The van der Waals surface area contributed by atoms with Crippen molar-refractivity contribution in [3.63, 3.8) is 0 Å². The van der Waals surface area contributed by atoms with Crippen molar-refractivity contribution in [2.45, 2.75) is 16.7 Å². The van der Waals surface area contributed by atoms with Gasteiger partial charge in [0.15, 0.2) is 0 Å². The van der Waals surface area contributed by atoms with Gasteiger partial charge in [-0.25, -0.2) is 5.26 Å². The van der Waals surface area contributed by atoms with Crippen molar-refractivity contribution >= 4 is 33.5 Å². The summed E-state index contributed by atoms with van der Waals surface area (Å²) in [5, 5.41) is 19.7. The van der Waals surface area contributed by atoms with Gasteiger partial charge in [-0.15, -0.1) is 4.33 Å². The zero-order valence-corrected chi connectivity index (χ0v) is 13.4. The van der Waals surface area contributed by atoms with E-state index in [1.54, 1.807) is 18.2 Å². The molecule has 2 rings (SSSR count). The minimum Gasteiger partial charge on any atom is -0.282 e. The molecule has 0 unspecified atom stereocenters. The SMILES string of the molecule is Cc1ccc(N=Nc2ccc(S(=O)(=O)O)cc2)cc1SOOO. The fourth-order valence-corrected chi connectivity index (χ4v) is 2.54. The maximum absolute atomic E-state index is 10.9. The van der Waals surface area contributed by atoms with Gasteiger partial charge in [0.25, 0.3) is 10.1 Å². The molecule has 0 aliphatic heterocycles. The summed E-state index contributed by atoms with van der Waals surface area (Å²) in [6.07, 6.45) is 0. The van der Waals surface area contributed by atoms with Gasteiger partial charge in [0.1, 0.15) is 0 Å². The molecule has 122 valence electrons. The lowest BCUT2D eigenvalue weighted by atomic mass is 10.2. The van der Waals surface area contributed by atoms with E-state index in [4.69, 9.17) is 9.81 Å². The fraction of sp³-hybridized carbons (Fsp3) is 0.0769. The Morgan fingerprint density at radius 2 is 1.65 bits per heavy atom. The third kappa shape index (κ3) is 5.10. The molecule has 0 saturated heterocycles. The molecule has 2 N–H and O–H groups in total. The molecule has 10 heteroatoms. The summed E-state index contributed by atoms with van der Waals surface area (Å²) in [5.41, 5.74) is 1.84. The Balaban J connectivity index is 2.16. The third-order valence-electron chi connectivity index (χ3n) is 2.74. The second kappa shape index (κ2) is 7.64. The average molecular weight is 356 g/mol. The standard InChI is InChI=1S/C13H12N2O6S2/c1-9-2-3-11(8-13(9)22-21-20-16)15-14-10-4-6-12(7-5-10)23(17,18)19/h2-8,16H,1H3,(H,17,18,19). The van der Waals surface area contributed by atoms with Crippen molar-refractivity contribution < 1.29 is 27.6 Å². The number of benzene rings is 2. The first-order valence-electron chi connectivity index (χ1n) is 6.15. The summed E-state index contributed by atoms with van der Waals surface area (Å²) in [5.74, 6) is 0. The molecule has 2 aromatic rings. The Bertz CT molecular complexity index is 806. The van der Waals surface area contributed by atoms with E-state index in [-0.39, 0.29) is 4.90 Å². The first-order chi connectivity index (χ1) is 10.9. The van der Waals surface area contributed by atoms with E-state index in [2.05, 4.69) is 19.6 Å². The molecule has 0 amide bonds. The summed E-state index contributed by atoms with van der Waals surface area (Å²) in [7, 11) is -4.23. The summed E-state index contributed by atoms with van der Waals surface area (Å²) in [4.78, 5) is 0.462. The molecule has 0 atom stereocenters. The van der Waals surface area contributed by atoms with Crippen molar-refractivity contribution in [1.29, 1.82) is 0 Å². The average Bonchev–Trinajstić information content (AvgIpc) is 2.52. The zero-order valence-electron chi connectivity index (χ0n) is 11.8. The van der Waals surface area contributed by atoms with E-state index in [0.717, 1.165) is 17.6 Å². The molecule has 0 aliphatic carbocycles. The van der Waals surface area contributed by atoms with Crippen LogP contribution < -0.4 is 0 Å². The van der Waals surface area contributed by atoms with E-state index in [1.807, 2.05) is 6.92 Å². The fourth-order valence-electron chi connectivity index (χ4n) is 1.59. The topological polar surface area (TPSA) is 118 Å². The van der Waals surface area contributed by atoms with Gasteiger partial charge in [-0.1, -0.05) is 11.1 Å². The van der Waals surface area contributed by atoms with Crippen LogP contribution in [0.2, 0.25) is 0 Å². The van der Waals surface area contributed by atoms with Crippen LogP contribution in [0.4, 0.5) is 11.4 Å². The summed E-state index contributed by atoms with van der Waals surface area (Å²) < 4.78 is 35.2. The summed E-state index contributed by atoms with van der Waals surface area (Å²) in [6.45, 7) is 1.85. The first-order valence-corrected chi connectivity index (χ1v) is 8.33. The van der Waals surface area contributed by atoms with Crippen molar-refractivity contribution in [2.24, 2.45) is 10.2 Å². The van der Waals surface area contributed by atoms with Crippen LogP contribution in [0, 0.1) is 6.92 Å². The van der Waals surface area contributed by atoms with Gasteiger partial charge in [0.05, 0.1) is 28.3 Å². The van der Waals surface area contributed by atoms with Crippen LogP contribution in [-0.2, 0) is 19.5 Å². The second-order valence-electron chi connectivity index (χ2n) is 4.34. The van der Waals surface area contributed by atoms with E-state index >= 15 is 0 Å². The molecular weight excluding hydrogens is 344 g/mol. The molecule has 0 bridgehead atoms. The largest absolute Gasteiger partial charge is 0.294 e. The van der Waals surface area contributed by atoms with Gasteiger partial charge in [0.2, 0.25) is 0 Å². The molecule has 8 nitrogen and oxygen atoms in total. The number of hydrogen-bond donors (Lipinski definition) is 2. The van der Waals surface area contributed by atoms with Crippen molar-refractivity contribution in [3.05, 3.63) is 48.0 Å². The first kappa shape index (κ1) is 17.5. The predicted octanol–water partition coefficient (Wildman–Crippen LogP) is 4.09. The quantitative estimate of drug-likeness (QED) is 0.263. The lowest BCUT2D eigenvalue weighted by Gasteiger charge is -2.03. The Morgan fingerprint density at radius 3 is 2.26 bits per heavy atom. The molecule has 0 radical (unpaired) electrons. The highest BCUT2D eigenvalue weighted by Crippen LogP contribution is 2.29. The molecule has 0 saturated carbocycles. The van der Waals surface area contributed by atoms with Crippen molar-refractivity contribution in [3.8, 4) is 0 Å². The Labute approximate surface area is 136 Å². The van der Waals surface area contributed by atoms with Crippen molar-refractivity contribution in [1.82, 2.24) is 0 Å². The zero-order chi connectivity index (χ0) is 16.9. The monoisotopic (exact) mass is 356 g/mol. The lowest BCUT2D eigenvalue weighted by molar-refractivity contribution is -0.432. The van der Waals surface area contributed by atoms with Gasteiger partial charge in [-0.05, 0) is 48.9 Å². The Hall–Kier alpha value is -1.82. The molecule has 0 aliphatic rings. The summed E-state index contributed by atoms with van der Waals surface area (Å²) >= 11 is 0.819. The van der Waals surface area contributed by atoms with Gasteiger partial charge in [-0.2, -0.15) is 18.6 Å². The van der Waals surface area contributed by atoms with Gasteiger partial charge in [0, 0.05) is 4.90 Å². The number of aryl methyl sites for hydroxylation is 1. The normalized spacial score (nSPS) is 12.0. The molecule has 0 heterocycles. The minimum atomic E-state index is -4.23. The smallest absolute Gasteiger partial charge is 0.282 e. The highest BCUT2D eigenvalue weighted by atomic mass is 32.2. The maximum atomic E-state index is 10.9. The molecular formula is C13H12N2O6S2. The van der Waals surface area contributed by atoms with Crippen LogP contribution in [0.25, 0.3) is 0 Å². The molecule has 0 fully saturated rings. The molecule has 0 spiro atoms. The number of rotatable bonds is 6. The predicted molar refractivity (Wildman–Crippen MR) is 82.3 cm³/mol. The highest BCUT2D eigenvalue weighted by Gasteiger charge is 2.08. The van der Waals surface area contributed by atoms with E-state index in [0.29, 0.717) is 16.3 Å². The molecule has 2 aromatic carbocycles. The third-order valence-corrected chi connectivity index (χ3v) is 4.36. The van der Waals surface area contributed by atoms with Crippen LogP contribution >= 0.6 is 12.0 Å². The van der Waals surface area contributed by atoms with E-state index in [9.17, 15) is 8.42 Å². The van der Waals surface area contributed by atoms with Gasteiger partial charge < -0.3 is 0 Å². The Morgan fingerprint density at radius 1 is 1.04 bits per heavy atom. The second-order valence-corrected chi connectivity index (χ2v) is 6.51. The lowest BCUT2D eigenvalue weighted by Crippen LogP contribution is -1.96. The van der Waals surface area contributed by atoms with Crippen LogP contribution in [0.3, 0.4) is 0 Å². The number of azo groups is 1. The maximum Gasteiger partial charge on any atom is 0.294 e. The van der Waals surface area contributed by atoms with Crippen LogP contribution in [-0.4, -0.2) is 18.2 Å². The minimum absolute atomic E-state index is 0.216. The highest BCUT2D eigenvalue weighted by molar-refractivity contribution is 7.94. The molecule has 0 aromatic heterocycles. The number of hydrogen-bond acceptors (Lipinski definition) is 8. The van der Waals surface area contributed by atoms with Crippen LogP contribution in [0.5, 0.6) is 0 Å². The van der Waals surface area contributed by atoms with E-state index < -0.39 is 10.1 Å².